The average Bonchev–Trinajstić information content (AvgIpc) is 2.86. The van der Waals surface area contributed by atoms with Crippen LogP contribution in [0.3, 0.4) is 0 Å². The van der Waals surface area contributed by atoms with Crippen LogP contribution in [0.15, 0.2) is 12.3 Å². The summed E-state index contributed by atoms with van der Waals surface area (Å²) in [7, 11) is 0. The summed E-state index contributed by atoms with van der Waals surface area (Å²) in [6.45, 7) is 6.33. The Morgan fingerprint density at radius 2 is 1.95 bits per heavy atom. The highest BCUT2D eigenvalue weighted by atomic mass is 16.3. The molecule has 1 fully saturated rings. The molecular weight excluding hydrogens is 250 g/mol. The van der Waals surface area contributed by atoms with E-state index in [4.69, 9.17) is 5.73 Å². The molecule has 4 heteroatoms. The van der Waals surface area contributed by atoms with Crippen LogP contribution < -0.4 is 5.73 Å². The van der Waals surface area contributed by atoms with Gasteiger partial charge in [-0.05, 0) is 24.3 Å². The van der Waals surface area contributed by atoms with Crippen molar-refractivity contribution in [2.75, 3.05) is 6.54 Å². The van der Waals surface area contributed by atoms with E-state index in [1.165, 1.54) is 32.1 Å². The van der Waals surface area contributed by atoms with Crippen LogP contribution in [0.5, 0.6) is 0 Å². The number of hydrogen-bond donors (Lipinski definition) is 2. The maximum atomic E-state index is 10.8. The molecule has 1 saturated carbocycles. The molecule has 1 aliphatic rings. The van der Waals surface area contributed by atoms with E-state index in [0.717, 1.165) is 5.69 Å². The van der Waals surface area contributed by atoms with Crippen LogP contribution in [0.2, 0.25) is 0 Å². The largest absolute Gasteiger partial charge is 0.388 e. The molecule has 1 atom stereocenters. The van der Waals surface area contributed by atoms with Gasteiger partial charge < -0.3 is 10.8 Å². The van der Waals surface area contributed by atoms with Gasteiger partial charge in [-0.2, -0.15) is 5.10 Å². The van der Waals surface area contributed by atoms with Crippen LogP contribution in [0.4, 0.5) is 0 Å². The maximum absolute atomic E-state index is 10.8. The molecule has 0 bridgehead atoms. The molecule has 20 heavy (non-hydrogen) atoms. The molecule has 0 aromatic carbocycles. The Morgan fingerprint density at radius 1 is 1.30 bits per heavy atom. The molecule has 4 nitrogen and oxygen atoms in total. The van der Waals surface area contributed by atoms with Crippen molar-refractivity contribution in [3.63, 3.8) is 0 Å². The van der Waals surface area contributed by atoms with Gasteiger partial charge in [-0.1, -0.05) is 40.0 Å². The summed E-state index contributed by atoms with van der Waals surface area (Å²) in [6, 6.07) is 2.57. The monoisotopic (exact) mass is 279 g/mol. The van der Waals surface area contributed by atoms with Gasteiger partial charge in [-0.3, -0.25) is 4.68 Å². The molecular formula is C16H29N3O. The van der Waals surface area contributed by atoms with Gasteiger partial charge in [0.05, 0.1) is 17.3 Å². The minimum absolute atomic E-state index is 0.254. The van der Waals surface area contributed by atoms with Crippen molar-refractivity contribution in [3.8, 4) is 0 Å². The molecule has 1 aromatic heterocycles. The Kier molecular flexibility index (Phi) is 4.55. The molecule has 0 spiro atoms. The lowest BCUT2D eigenvalue weighted by molar-refractivity contribution is -0.0498. The van der Waals surface area contributed by atoms with E-state index in [2.05, 4.69) is 16.0 Å². The fourth-order valence-electron chi connectivity index (χ4n) is 2.96. The van der Waals surface area contributed by atoms with Crippen molar-refractivity contribution >= 4 is 0 Å². The minimum Gasteiger partial charge on any atom is -0.388 e. The van der Waals surface area contributed by atoms with E-state index >= 15 is 0 Å². The molecule has 1 aliphatic carbocycles. The minimum atomic E-state index is -0.904. The van der Waals surface area contributed by atoms with Gasteiger partial charge in [0.25, 0.3) is 0 Å². The molecule has 3 N–H and O–H groups in total. The lowest BCUT2D eigenvalue weighted by atomic mass is 9.74. The highest BCUT2D eigenvalue weighted by Crippen LogP contribution is 2.33. The van der Waals surface area contributed by atoms with Gasteiger partial charge in [0, 0.05) is 19.2 Å². The summed E-state index contributed by atoms with van der Waals surface area (Å²) >= 11 is 0. The van der Waals surface area contributed by atoms with Gasteiger partial charge in [-0.25, -0.2) is 0 Å². The third-order valence-electron chi connectivity index (χ3n) is 4.82. The molecule has 2 rings (SSSR count). The summed E-state index contributed by atoms with van der Waals surface area (Å²) in [5.74, 6) is 0. The van der Waals surface area contributed by atoms with Crippen LogP contribution >= 0.6 is 0 Å². The van der Waals surface area contributed by atoms with E-state index in [0.29, 0.717) is 12.5 Å². The fourth-order valence-corrected chi connectivity index (χ4v) is 2.96. The van der Waals surface area contributed by atoms with Crippen LogP contribution in [0.25, 0.3) is 0 Å². The van der Waals surface area contributed by atoms with Crippen LogP contribution in [0, 0.1) is 5.41 Å². The van der Waals surface area contributed by atoms with E-state index in [9.17, 15) is 5.11 Å². The predicted octanol–water partition coefficient (Wildman–Crippen LogP) is 2.67. The number of aromatic nitrogens is 2. The number of nitrogens with zero attached hydrogens (tertiary/aromatic N) is 2. The van der Waals surface area contributed by atoms with Crippen molar-refractivity contribution < 1.29 is 5.11 Å². The van der Waals surface area contributed by atoms with Crippen LogP contribution in [0.1, 0.15) is 64.6 Å². The van der Waals surface area contributed by atoms with Crippen molar-refractivity contribution in [1.82, 2.24) is 9.78 Å². The Balaban J connectivity index is 2.08. The second kappa shape index (κ2) is 5.86. The van der Waals surface area contributed by atoms with Gasteiger partial charge in [0.2, 0.25) is 0 Å². The van der Waals surface area contributed by atoms with Crippen molar-refractivity contribution in [2.45, 2.75) is 70.9 Å². The topological polar surface area (TPSA) is 64.1 Å². The number of aliphatic hydroxyl groups is 1. The molecule has 0 saturated heterocycles. The Morgan fingerprint density at radius 3 is 2.50 bits per heavy atom. The second-order valence-electron chi connectivity index (χ2n) is 7.24. The van der Waals surface area contributed by atoms with E-state index < -0.39 is 5.60 Å². The van der Waals surface area contributed by atoms with Gasteiger partial charge in [-0.15, -0.1) is 0 Å². The lowest BCUT2D eigenvalue weighted by Crippen LogP contribution is -2.51. The summed E-state index contributed by atoms with van der Waals surface area (Å²) in [4.78, 5) is 0. The molecule has 0 amide bonds. The lowest BCUT2D eigenvalue weighted by Gasteiger charge is -2.39. The molecule has 1 unspecified atom stereocenters. The van der Waals surface area contributed by atoms with Gasteiger partial charge >= 0.3 is 0 Å². The van der Waals surface area contributed by atoms with Crippen molar-refractivity contribution in [1.29, 1.82) is 0 Å². The first kappa shape index (κ1) is 15.5. The summed E-state index contributed by atoms with van der Waals surface area (Å²) in [5.41, 5.74) is 5.59. The first-order chi connectivity index (χ1) is 9.36. The maximum Gasteiger partial charge on any atom is 0.0873 e. The molecule has 0 aliphatic heterocycles. The quantitative estimate of drug-likeness (QED) is 0.890. The molecule has 1 heterocycles. The van der Waals surface area contributed by atoms with E-state index in [1.807, 2.05) is 26.8 Å². The van der Waals surface area contributed by atoms with Crippen molar-refractivity contribution in [2.24, 2.45) is 11.1 Å². The highest BCUT2D eigenvalue weighted by molar-refractivity contribution is 5.08. The van der Waals surface area contributed by atoms with Gasteiger partial charge in [0.1, 0.15) is 0 Å². The normalized spacial score (nSPS) is 20.9. The summed E-state index contributed by atoms with van der Waals surface area (Å²) in [6.07, 6.45) is 8.98. The highest BCUT2D eigenvalue weighted by Gasteiger charge is 2.39. The zero-order chi connectivity index (χ0) is 14.8. The van der Waals surface area contributed by atoms with E-state index in [1.54, 1.807) is 0 Å². The number of hydrogen-bond acceptors (Lipinski definition) is 3. The average molecular weight is 279 g/mol. The first-order valence-corrected chi connectivity index (χ1v) is 7.82. The molecule has 1 aromatic rings. The Labute approximate surface area is 122 Å². The predicted molar refractivity (Wildman–Crippen MR) is 81.5 cm³/mol. The summed E-state index contributed by atoms with van der Waals surface area (Å²) < 4.78 is 2.09. The summed E-state index contributed by atoms with van der Waals surface area (Å²) in [5, 5.41) is 15.4. The van der Waals surface area contributed by atoms with Crippen LogP contribution in [-0.2, 0) is 6.42 Å². The van der Waals surface area contributed by atoms with Crippen LogP contribution in [-0.4, -0.2) is 27.0 Å². The molecule has 114 valence electrons. The zero-order valence-corrected chi connectivity index (χ0v) is 13.1. The third-order valence-corrected chi connectivity index (χ3v) is 4.82. The number of nitrogens with two attached hydrogens (primary N) is 1. The molecule has 0 radical (unpaired) electrons. The first-order valence-electron chi connectivity index (χ1n) is 7.82. The van der Waals surface area contributed by atoms with E-state index in [-0.39, 0.29) is 12.0 Å². The standard InChI is InChI=1S/C16H29N3O/c1-15(2,3)16(20,12-17)11-13-9-10-19(18-13)14-7-5-4-6-8-14/h9-10,14,20H,4-8,11-12,17H2,1-3H3. The fraction of sp³-hybridized carbons (Fsp3) is 0.812. The third kappa shape index (κ3) is 3.23. The Bertz CT molecular complexity index is 429. The van der Waals surface area contributed by atoms with Gasteiger partial charge in [0.15, 0.2) is 0 Å². The van der Waals surface area contributed by atoms with Crippen molar-refractivity contribution in [3.05, 3.63) is 18.0 Å². The zero-order valence-electron chi connectivity index (χ0n) is 13.1. The smallest absolute Gasteiger partial charge is 0.0873 e. The second-order valence-corrected chi connectivity index (χ2v) is 7.24. The SMILES string of the molecule is CC(C)(C)C(O)(CN)Cc1ccn(C2CCCCC2)n1. The number of rotatable bonds is 4. The Hall–Kier alpha value is -0.870.